The van der Waals surface area contributed by atoms with Crippen LogP contribution >= 0.6 is 0 Å². The Labute approximate surface area is 144 Å². The predicted octanol–water partition coefficient (Wildman–Crippen LogP) is 0.384. The first-order valence-corrected chi connectivity index (χ1v) is 8.66. The van der Waals surface area contributed by atoms with Crippen molar-refractivity contribution < 1.29 is 4.79 Å². The predicted molar refractivity (Wildman–Crippen MR) is 94.1 cm³/mol. The molecule has 132 valence electrons. The number of fused-ring (bicyclic) bond motifs is 1. The lowest BCUT2D eigenvalue weighted by atomic mass is 10.0. The van der Waals surface area contributed by atoms with E-state index >= 15 is 0 Å². The van der Waals surface area contributed by atoms with Crippen LogP contribution in [-0.2, 0) is 17.8 Å². The molecule has 0 aromatic carbocycles. The molecule has 0 saturated carbocycles. The van der Waals surface area contributed by atoms with Crippen molar-refractivity contribution in [3.63, 3.8) is 0 Å². The van der Waals surface area contributed by atoms with E-state index in [4.69, 9.17) is 9.97 Å². The minimum absolute atomic E-state index is 0.189. The Balaban J connectivity index is 1.78. The van der Waals surface area contributed by atoms with Gasteiger partial charge in [0.15, 0.2) is 0 Å². The summed E-state index contributed by atoms with van der Waals surface area (Å²) >= 11 is 0. The Morgan fingerprint density at radius 3 is 2.83 bits per heavy atom. The molecule has 1 fully saturated rings. The third kappa shape index (κ3) is 3.52. The second-order valence-corrected chi connectivity index (χ2v) is 7.16. The first-order chi connectivity index (χ1) is 11.5. The highest BCUT2D eigenvalue weighted by atomic mass is 16.2. The summed E-state index contributed by atoms with van der Waals surface area (Å²) in [6, 6.07) is 0. The minimum Gasteiger partial charge on any atom is -0.373 e. The minimum atomic E-state index is 0.189. The van der Waals surface area contributed by atoms with E-state index in [1.54, 1.807) is 0 Å². The SMILES string of the molecule is CNc1nc(C2CCN(C(=O)CN(C)C)C2)nc2c1CCN(C)C2. The van der Waals surface area contributed by atoms with Crippen LogP contribution in [0.15, 0.2) is 0 Å². The van der Waals surface area contributed by atoms with Crippen molar-refractivity contribution in [3.05, 3.63) is 17.1 Å². The smallest absolute Gasteiger partial charge is 0.236 e. The van der Waals surface area contributed by atoms with E-state index in [0.717, 1.165) is 56.4 Å². The van der Waals surface area contributed by atoms with E-state index in [2.05, 4.69) is 17.3 Å². The molecule has 0 spiro atoms. The lowest BCUT2D eigenvalue weighted by molar-refractivity contribution is -0.130. The lowest BCUT2D eigenvalue weighted by Crippen LogP contribution is -2.36. The lowest BCUT2D eigenvalue weighted by Gasteiger charge is -2.26. The Hall–Kier alpha value is -1.73. The van der Waals surface area contributed by atoms with E-state index in [0.29, 0.717) is 6.54 Å². The van der Waals surface area contributed by atoms with Gasteiger partial charge in [0.25, 0.3) is 0 Å². The molecule has 2 aliphatic rings. The molecule has 2 aliphatic heterocycles. The fourth-order valence-corrected chi connectivity index (χ4v) is 3.54. The average Bonchev–Trinajstić information content (AvgIpc) is 3.03. The number of nitrogens with zero attached hydrogens (tertiary/aromatic N) is 5. The number of amides is 1. The average molecular weight is 332 g/mol. The Bertz CT molecular complexity index is 617. The van der Waals surface area contributed by atoms with Crippen molar-refractivity contribution in [2.45, 2.75) is 25.3 Å². The molecule has 0 radical (unpaired) electrons. The number of nitrogens with one attached hydrogen (secondary N) is 1. The van der Waals surface area contributed by atoms with Gasteiger partial charge in [-0.15, -0.1) is 0 Å². The van der Waals surface area contributed by atoms with Gasteiger partial charge in [-0.3, -0.25) is 4.79 Å². The van der Waals surface area contributed by atoms with E-state index in [-0.39, 0.29) is 11.8 Å². The van der Waals surface area contributed by atoms with Gasteiger partial charge in [0.05, 0.1) is 12.2 Å². The molecule has 1 atom stereocenters. The molecule has 1 N–H and O–H groups in total. The zero-order valence-corrected chi connectivity index (χ0v) is 15.2. The standard InChI is InChI=1S/C17H28N6O/c1-18-17-13-6-7-22(4)10-14(13)19-16(20-17)12-5-8-23(9-12)15(24)11-21(2)3/h12H,5-11H2,1-4H3,(H,18,19,20). The van der Waals surface area contributed by atoms with Crippen LogP contribution in [0.2, 0.25) is 0 Å². The molecule has 7 heteroatoms. The van der Waals surface area contributed by atoms with Gasteiger partial charge in [0, 0.05) is 44.7 Å². The molecule has 7 nitrogen and oxygen atoms in total. The summed E-state index contributed by atoms with van der Waals surface area (Å²) in [5.41, 5.74) is 2.38. The number of hydrogen-bond acceptors (Lipinski definition) is 6. The van der Waals surface area contributed by atoms with Crippen molar-refractivity contribution in [1.29, 1.82) is 0 Å². The first-order valence-electron chi connectivity index (χ1n) is 8.66. The molecule has 0 bridgehead atoms. The molecule has 3 rings (SSSR count). The summed E-state index contributed by atoms with van der Waals surface area (Å²) in [6.07, 6.45) is 1.93. The fraction of sp³-hybridized carbons (Fsp3) is 0.706. The highest BCUT2D eigenvalue weighted by Gasteiger charge is 2.31. The maximum Gasteiger partial charge on any atom is 0.236 e. The van der Waals surface area contributed by atoms with Crippen LogP contribution in [0.4, 0.5) is 5.82 Å². The summed E-state index contributed by atoms with van der Waals surface area (Å²) in [4.78, 5) is 28.1. The number of aromatic nitrogens is 2. The van der Waals surface area contributed by atoms with Gasteiger partial charge in [0.1, 0.15) is 11.6 Å². The molecule has 1 unspecified atom stereocenters. The van der Waals surface area contributed by atoms with Crippen molar-refractivity contribution in [3.8, 4) is 0 Å². The van der Waals surface area contributed by atoms with Gasteiger partial charge in [-0.05, 0) is 34.0 Å². The van der Waals surface area contributed by atoms with Gasteiger partial charge >= 0.3 is 0 Å². The van der Waals surface area contributed by atoms with Gasteiger partial charge in [-0.1, -0.05) is 0 Å². The molecule has 1 aromatic heterocycles. The number of rotatable bonds is 4. The molecule has 0 aliphatic carbocycles. The van der Waals surface area contributed by atoms with Gasteiger partial charge in [-0.25, -0.2) is 9.97 Å². The van der Waals surface area contributed by atoms with Gasteiger partial charge in [0.2, 0.25) is 5.91 Å². The van der Waals surface area contributed by atoms with E-state index in [1.165, 1.54) is 5.56 Å². The van der Waals surface area contributed by atoms with Crippen LogP contribution in [0.25, 0.3) is 0 Å². The summed E-state index contributed by atoms with van der Waals surface area (Å²) in [6.45, 7) is 3.90. The Morgan fingerprint density at radius 2 is 2.12 bits per heavy atom. The van der Waals surface area contributed by atoms with Crippen LogP contribution < -0.4 is 5.32 Å². The highest BCUT2D eigenvalue weighted by molar-refractivity contribution is 5.78. The zero-order valence-electron chi connectivity index (χ0n) is 15.2. The topological polar surface area (TPSA) is 64.6 Å². The number of hydrogen-bond donors (Lipinski definition) is 1. The quantitative estimate of drug-likeness (QED) is 0.860. The van der Waals surface area contributed by atoms with Crippen LogP contribution in [0.3, 0.4) is 0 Å². The monoisotopic (exact) mass is 332 g/mol. The summed E-state index contributed by atoms with van der Waals surface area (Å²) in [5.74, 6) is 2.27. The first kappa shape index (κ1) is 17.1. The summed E-state index contributed by atoms with van der Waals surface area (Å²) in [7, 11) is 7.90. The molecular weight excluding hydrogens is 304 g/mol. The molecule has 24 heavy (non-hydrogen) atoms. The third-order valence-corrected chi connectivity index (χ3v) is 4.87. The maximum absolute atomic E-state index is 12.3. The van der Waals surface area contributed by atoms with Crippen LogP contribution in [-0.4, -0.2) is 84.9 Å². The number of carbonyl (C=O) groups excluding carboxylic acids is 1. The largest absolute Gasteiger partial charge is 0.373 e. The molecular formula is C17H28N6O. The van der Waals surface area contributed by atoms with Crippen molar-refractivity contribution in [1.82, 2.24) is 24.7 Å². The summed E-state index contributed by atoms with van der Waals surface area (Å²) < 4.78 is 0. The highest BCUT2D eigenvalue weighted by Crippen LogP contribution is 2.29. The van der Waals surface area contributed by atoms with Gasteiger partial charge in [-0.2, -0.15) is 0 Å². The second kappa shape index (κ2) is 7.03. The third-order valence-electron chi connectivity index (χ3n) is 4.87. The fourth-order valence-electron chi connectivity index (χ4n) is 3.54. The Morgan fingerprint density at radius 1 is 1.33 bits per heavy atom. The van der Waals surface area contributed by atoms with Gasteiger partial charge < -0.3 is 20.0 Å². The second-order valence-electron chi connectivity index (χ2n) is 7.16. The van der Waals surface area contributed by atoms with Crippen LogP contribution in [0, 0.1) is 0 Å². The van der Waals surface area contributed by atoms with Crippen LogP contribution in [0.5, 0.6) is 0 Å². The van der Waals surface area contributed by atoms with Crippen molar-refractivity contribution in [2.24, 2.45) is 0 Å². The molecule has 1 aromatic rings. The molecule has 1 amide bonds. The van der Waals surface area contributed by atoms with E-state index < -0.39 is 0 Å². The Kier molecular flexibility index (Phi) is 5.01. The molecule has 3 heterocycles. The van der Waals surface area contributed by atoms with E-state index in [9.17, 15) is 4.79 Å². The molecule has 1 saturated heterocycles. The summed E-state index contributed by atoms with van der Waals surface area (Å²) in [5, 5.41) is 3.24. The van der Waals surface area contributed by atoms with E-state index in [1.807, 2.05) is 30.9 Å². The van der Waals surface area contributed by atoms with Crippen molar-refractivity contribution >= 4 is 11.7 Å². The maximum atomic E-state index is 12.3. The number of likely N-dealkylation sites (tertiary alicyclic amines) is 1. The zero-order chi connectivity index (χ0) is 17.3. The number of likely N-dealkylation sites (N-methyl/N-ethyl adjacent to an activating group) is 2. The number of anilines is 1. The number of carbonyl (C=O) groups is 1. The van der Waals surface area contributed by atoms with Crippen molar-refractivity contribution in [2.75, 3.05) is 59.7 Å². The van der Waals surface area contributed by atoms with Crippen LogP contribution in [0.1, 0.15) is 29.4 Å². The normalized spacial score (nSPS) is 21.2.